The monoisotopic (exact) mass is 634 g/mol. The van der Waals surface area contributed by atoms with Gasteiger partial charge in [-0.3, -0.25) is 4.99 Å². The summed E-state index contributed by atoms with van der Waals surface area (Å²) in [4.78, 5) is 15.3. The number of methoxy groups -OCH3 is 1. The first-order chi connectivity index (χ1) is 22.5. The number of pyridine rings is 1. The van der Waals surface area contributed by atoms with Crippen molar-refractivity contribution in [2.75, 3.05) is 36.6 Å². The van der Waals surface area contributed by atoms with E-state index in [9.17, 15) is 5.11 Å². The maximum absolute atomic E-state index is 9.59. The molecule has 1 saturated heterocycles. The molecule has 2 aliphatic rings. The molecule has 1 fully saturated rings. The van der Waals surface area contributed by atoms with E-state index >= 15 is 0 Å². The predicted octanol–water partition coefficient (Wildman–Crippen LogP) is 8.02. The van der Waals surface area contributed by atoms with Gasteiger partial charge in [0.1, 0.15) is 11.6 Å². The van der Waals surface area contributed by atoms with Gasteiger partial charge in [-0.1, -0.05) is 61.0 Å². The minimum Gasteiger partial charge on any atom is -0.497 e. The molecule has 1 unspecified atom stereocenters. The number of aliphatic imine (C=N–C) groups is 1. The molecule has 6 rings (SSSR count). The van der Waals surface area contributed by atoms with Crippen LogP contribution in [0.25, 0.3) is 0 Å². The Morgan fingerprint density at radius 1 is 1.00 bits per heavy atom. The second-order valence-electron chi connectivity index (χ2n) is 12.3. The van der Waals surface area contributed by atoms with Gasteiger partial charge in [0, 0.05) is 60.7 Å². The maximum atomic E-state index is 9.59. The molecule has 3 aromatic carbocycles. The van der Waals surface area contributed by atoms with Crippen LogP contribution in [0.2, 0.25) is 5.02 Å². The first-order valence-corrected chi connectivity index (χ1v) is 16.7. The molecule has 6 nitrogen and oxygen atoms in total. The number of benzene rings is 3. The van der Waals surface area contributed by atoms with Gasteiger partial charge in [-0.05, 0) is 91.3 Å². The molecule has 1 atom stereocenters. The fraction of sp³-hybridized carbons (Fsp3) is 0.333. The Morgan fingerprint density at radius 2 is 1.78 bits per heavy atom. The second-order valence-corrected chi connectivity index (χ2v) is 12.7. The highest BCUT2D eigenvalue weighted by atomic mass is 35.5. The summed E-state index contributed by atoms with van der Waals surface area (Å²) in [6, 6.07) is 27.2. The summed E-state index contributed by atoms with van der Waals surface area (Å²) in [5, 5.41) is 10.3. The van der Waals surface area contributed by atoms with Gasteiger partial charge in [0.2, 0.25) is 0 Å². The van der Waals surface area contributed by atoms with E-state index in [-0.39, 0.29) is 12.6 Å². The Balaban J connectivity index is 1.46. The van der Waals surface area contributed by atoms with Gasteiger partial charge in [-0.15, -0.1) is 0 Å². The summed E-state index contributed by atoms with van der Waals surface area (Å²) in [5.74, 6) is 2.19. The fourth-order valence-corrected chi connectivity index (χ4v) is 6.75. The zero-order valence-electron chi connectivity index (χ0n) is 27.0. The number of hydrogen-bond acceptors (Lipinski definition) is 6. The summed E-state index contributed by atoms with van der Waals surface area (Å²) < 4.78 is 5.45. The number of aliphatic hydroxyl groups is 1. The van der Waals surface area contributed by atoms with Crippen LogP contribution in [0.4, 0.5) is 11.5 Å². The second kappa shape index (κ2) is 14.5. The lowest BCUT2D eigenvalue weighted by Gasteiger charge is -2.32. The van der Waals surface area contributed by atoms with Crippen LogP contribution < -0.4 is 14.5 Å². The Morgan fingerprint density at radius 3 is 2.46 bits per heavy atom. The van der Waals surface area contributed by atoms with E-state index < -0.39 is 0 Å². The number of hydrogen-bond donors (Lipinski definition) is 1. The third kappa shape index (κ3) is 6.98. The van der Waals surface area contributed by atoms with Gasteiger partial charge in [0.05, 0.1) is 24.6 Å². The van der Waals surface area contributed by atoms with Crippen LogP contribution in [0.1, 0.15) is 54.0 Å². The van der Waals surface area contributed by atoms with Crippen LogP contribution >= 0.6 is 11.6 Å². The van der Waals surface area contributed by atoms with Crippen molar-refractivity contribution in [2.45, 2.75) is 52.1 Å². The number of anilines is 2. The molecule has 4 aromatic rings. The number of aliphatic hydroxyl groups excluding tert-OH is 1. The van der Waals surface area contributed by atoms with Gasteiger partial charge < -0.3 is 19.6 Å². The lowest BCUT2D eigenvalue weighted by atomic mass is 9.97. The molecule has 46 heavy (non-hydrogen) atoms. The first-order valence-electron chi connectivity index (χ1n) is 16.3. The summed E-state index contributed by atoms with van der Waals surface area (Å²) in [6.07, 6.45) is 7.91. The minimum absolute atomic E-state index is 0.127. The quantitative estimate of drug-likeness (QED) is 0.202. The number of nitrogens with zero attached hydrogens (tertiary/aromatic N) is 4. The molecule has 238 valence electrons. The molecule has 3 heterocycles. The number of benzodiazepines with no additional fused rings is 1. The summed E-state index contributed by atoms with van der Waals surface area (Å²) in [7, 11) is 1.70. The molecule has 0 radical (unpaired) electrons. The zero-order chi connectivity index (χ0) is 32.0. The van der Waals surface area contributed by atoms with Gasteiger partial charge in [-0.25, -0.2) is 4.98 Å². The third-order valence-corrected chi connectivity index (χ3v) is 9.48. The van der Waals surface area contributed by atoms with E-state index in [2.05, 4.69) is 84.3 Å². The van der Waals surface area contributed by atoms with Crippen LogP contribution in [0.15, 0.2) is 102 Å². The average molecular weight is 635 g/mol. The fourth-order valence-electron chi connectivity index (χ4n) is 6.57. The molecular weight excluding hydrogens is 592 g/mol. The van der Waals surface area contributed by atoms with Crippen molar-refractivity contribution in [3.8, 4) is 5.75 Å². The Hall–Kier alpha value is -4.13. The number of piperidine rings is 1. The molecule has 7 heteroatoms. The van der Waals surface area contributed by atoms with Gasteiger partial charge in [-0.2, -0.15) is 0 Å². The lowest BCUT2D eigenvalue weighted by molar-refractivity contribution is 0.203. The normalized spacial score (nSPS) is 17.9. The molecular formula is C39H43ClN4O2. The van der Waals surface area contributed by atoms with Crippen molar-refractivity contribution in [2.24, 2.45) is 10.9 Å². The summed E-state index contributed by atoms with van der Waals surface area (Å²) in [6.45, 7) is 7.11. The van der Waals surface area contributed by atoms with Gasteiger partial charge in [0.15, 0.2) is 0 Å². The molecule has 0 spiro atoms. The van der Waals surface area contributed by atoms with E-state index in [4.69, 9.17) is 26.3 Å². The van der Waals surface area contributed by atoms with E-state index in [1.807, 2.05) is 30.5 Å². The van der Waals surface area contributed by atoms with Crippen molar-refractivity contribution in [1.29, 1.82) is 0 Å². The molecule has 0 amide bonds. The minimum atomic E-state index is -0.127. The summed E-state index contributed by atoms with van der Waals surface area (Å²) >= 11 is 6.72. The summed E-state index contributed by atoms with van der Waals surface area (Å²) in [5.41, 5.74) is 8.83. The SMILES string of the molecule is CC/C=C1/C(Cc2ccccc2C)N=C(c2ccc(N3CCC(CO)CC3)nc2)c2cc(Cl)ccc2N1Cc1ccc(OC)cc1. The van der Waals surface area contributed by atoms with E-state index in [1.165, 1.54) is 22.4 Å². The molecule has 1 N–H and O–H groups in total. The third-order valence-electron chi connectivity index (χ3n) is 9.25. The van der Waals surface area contributed by atoms with Crippen molar-refractivity contribution < 1.29 is 9.84 Å². The van der Waals surface area contributed by atoms with E-state index in [0.29, 0.717) is 17.5 Å². The lowest BCUT2D eigenvalue weighted by Crippen LogP contribution is -2.35. The van der Waals surface area contributed by atoms with Crippen LogP contribution in [-0.4, -0.2) is 48.7 Å². The van der Waals surface area contributed by atoms with Gasteiger partial charge >= 0.3 is 0 Å². The largest absolute Gasteiger partial charge is 0.497 e. The van der Waals surface area contributed by atoms with Crippen LogP contribution in [0.5, 0.6) is 5.75 Å². The highest BCUT2D eigenvalue weighted by molar-refractivity contribution is 6.31. The van der Waals surface area contributed by atoms with Crippen LogP contribution in [0.3, 0.4) is 0 Å². The first kappa shape index (κ1) is 31.8. The number of aromatic nitrogens is 1. The molecule has 2 aliphatic heterocycles. The highest BCUT2D eigenvalue weighted by Gasteiger charge is 2.30. The number of fused-ring (bicyclic) bond motifs is 1. The van der Waals surface area contributed by atoms with Crippen molar-refractivity contribution in [3.63, 3.8) is 0 Å². The Bertz CT molecular complexity index is 1690. The number of aryl methyl sites for hydroxylation is 1. The highest BCUT2D eigenvalue weighted by Crippen LogP contribution is 2.37. The number of halogens is 1. The van der Waals surface area contributed by atoms with Crippen molar-refractivity contribution in [3.05, 3.63) is 130 Å². The molecule has 0 saturated carbocycles. The van der Waals surface area contributed by atoms with Crippen molar-refractivity contribution in [1.82, 2.24) is 4.98 Å². The Kier molecular flexibility index (Phi) is 10.1. The van der Waals surface area contributed by atoms with Crippen molar-refractivity contribution >= 4 is 28.8 Å². The average Bonchev–Trinajstić information content (AvgIpc) is 3.20. The zero-order valence-corrected chi connectivity index (χ0v) is 27.8. The number of ether oxygens (including phenoxy) is 1. The van der Waals surface area contributed by atoms with Crippen LogP contribution in [0, 0.1) is 12.8 Å². The van der Waals surface area contributed by atoms with Crippen LogP contribution in [-0.2, 0) is 13.0 Å². The molecule has 1 aromatic heterocycles. The van der Waals surface area contributed by atoms with Gasteiger partial charge in [0.25, 0.3) is 0 Å². The number of rotatable bonds is 9. The predicted molar refractivity (Wildman–Crippen MR) is 190 cm³/mol. The molecule has 0 aliphatic carbocycles. The number of allylic oxidation sites excluding steroid dienone is 1. The molecule has 0 bridgehead atoms. The Labute approximate surface area is 278 Å². The topological polar surface area (TPSA) is 61.2 Å². The van der Waals surface area contributed by atoms with E-state index in [0.717, 1.165) is 72.9 Å². The smallest absolute Gasteiger partial charge is 0.128 e. The van der Waals surface area contributed by atoms with E-state index in [1.54, 1.807) is 7.11 Å². The maximum Gasteiger partial charge on any atom is 0.128 e. The standard InChI is InChI=1S/C39H43ClN4O2/c1-4-7-37-35(22-30-9-6-5-8-27(30)2)42-39(31-12-17-38(41-24-31)43-20-18-29(26-45)19-21-43)34-23-32(40)13-16-36(34)44(37)25-28-10-14-33(46-3)15-11-28/h5-17,23-24,29,35,45H,4,18-22,25-26H2,1-3H3/b37-7-.